The van der Waals surface area contributed by atoms with Crippen molar-refractivity contribution in [2.45, 2.75) is 18.6 Å². The van der Waals surface area contributed by atoms with Gasteiger partial charge in [0.1, 0.15) is 6.54 Å². The van der Waals surface area contributed by atoms with Crippen molar-refractivity contribution >= 4 is 69.3 Å². The molecule has 2 saturated heterocycles. The fourth-order valence-electron chi connectivity index (χ4n) is 4.73. The standard InChI is InChI=1S/C26H23ClF3N5O4S.ClH/c27-17-3-1-15(20(9-17)26(28,29)30)8-19(14-2-4-21-16(7-14)10-32-33-21)23-24(38)35(25(39)40-23)12-22(37)34-6-5-31-18(11-34)13-36;/h1-4,7,9-10,18,31,36H,5-6,8,11-13H2,(H,32,33);1H/b23-19-;/t18-;/m1./s1. The topological polar surface area (TPSA) is 119 Å². The first-order valence-corrected chi connectivity index (χ1v) is 13.4. The van der Waals surface area contributed by atoms with Gasteiger partial charge in [0.2, 0.25) is 5.91 Å². The van der Waals surface area contributed by atoms with E-state index in [9.17, 15) is 32.7 Å². The van der Waals surface area contributed by atoms with Gasteiger partial charge in [0.15, 0.2) is 0 Å². The lowest BCUT2D eigenvalue weighted by Crippen LogP contribution is -2.55. The molecule has 1 aromatic heterocycles. The third kappa shape index (κ3) is 6.54. The largest absolute Gasteiger partial charge is 0.416 e. The summed E-state index contributed by atoms with van der Waals surface area (Å²) in [6.45, 7) is 0.308. The Hall–Kier alpha value is -3.10. The minimum Gasteiger partial charge on any atom is -0.395 e. The summed E-state index contributed by atoms with van der Waals surface area (Å²) in [6, 6.07) is 8.07. The summed E-state index contributed by atoms with van der Waals surface area (Å²) in [4.78, 5) is 41.7. The number of carbonyl (C=O) groups excluding carboxylic acids is 3. The zero-order valence-corrected chi connectivity index (χ0v) is 23.6. The van der Waals surface area contributed by atoms with Gasteiger partial charge >= 0.3 is 6.18 Å². The number of aliphatic hydroxyl groups is 1. The fourth-order valence-corrected chi connectivity index (χ4v) is 5.84. The number of rotatable bonds is 6. The third-order valence-corrected chi connectivity index (χ3v) is 8.03. The summed E-state index contributed by atoms with van der Waals surface area (Å²) < 4.78 is 41.7. The first-order chi connectivity index (χ1) is 19.0. The van der Waals surface area contributed by atoms with Gasteiger partial charge in [0, 0.05) is 36.1 Å². The van der Waals surface area contributed by atoms with Crippen molar-refractivity contribution in [2.24, 2.45) is 0 Å². The molecule has 0 spiro atoms. The summed E-state index contributed by atoms with van der Waals surface area (Å²) in [6.07, 6.45) is -3.49. The van der Waals surface area contributed by atoms with Crippen molar-refractivity contribution < 1.29 is 32.7 Å². The second-order valence-electron chi connectivity index (χ2n) is 9.39. The molecule has 3 aromatic rings. The van der Waals surface area contributed by atoms with Gasteiger partial charge in [0.05, 0.1) is 28.8 Å². The number of alkyl halides is 3. The van der Waals surface area contributed by atoms with E-state index in [-0.39, 0.29) is 59.1 Å². The van der Waals surface area contributed by atoms with E-state index in [1.165, 1.54) is 23.2 Å². The predicted octanol–water partition coefficient (Wildman–Crippen LogP) is 4.10. The maximum atomic E-state index is 13.9. The maximum Gasteiger partial charge on any atom is 0.416 e. The van der Waals surface area contributed by atoms with Crippen LogP contribution in [0.25, 0.3) is 16.5 Å². The van der Waals surface area contributed by atoms with Gasteiger partial charge in [0.25, 0.3) is 11.1 Å². The third-order valence-electron chi connectivity index (χ3n) is 6.78. The van der Waals surface area contributed by atoms with E-state index in [2.05, 4.69) is 15.5 Å². The number of H-pyrrole nitrogens is 1. The van der Waals surface area contributed by atoms with Crippen LogP contribution < -0.4 is 5.32 Å². The smallest absolute Gasteiger partial charge is 0.395 e. The Morgan fingerprint density at radius 3 is 2.71 bits per heavy atom. The minimum absolute atomic E-state index is 0. The van der Waals surface area contributed by atoms with E-state index in [4.69, 9.17) is 11.6 Å². The Morgan fingerprint density at radius 1 is 1.20 bits per heavy atom. The van der Waals surface area contributed by atoms with Crippen LogP contribution in [0, 0.1) is 0 Å². The SMILES string of the molecule is Cl.O=C(CN1C(=O)S/C(=C(/Cc2ccc(Cl)cc2C(F)(F)F)c2ccc3[nH]ncc3c2)C1=O)N1CCN[C@@H](CO)C1. The van der Waals surface area contributed by atoms with Crippen LogP contribution >= 0.6 is 35.8 Å². The van der Waals surface area contributed by atoms with Crippen LogP contribution in [0.15, 0.2) is 47.5 Å². The van der Waals surface area contributed by atoms with E-state index in [1.807, 2.05) is 0 Å². The molecule has 2 fully saturated rings. The molecule has 3 N–H and O–H groups in total. The summed E-state index contributed by atoms with van der Waals surface area (Å²) in [5, 5.41) is 19.1. The molecular weight excluding hydrogens is 606 g/mol. The number of aliphatic hydroxyl groups excluding tert-OH is 1. The molecule has 41 heavy (non-hydrogen) atoms. The highest BCUT2D eigenvalue weighted by molar-refractivity contribution is 8.18. The van der Waals surface area contributed by atoms with Gasteiger partial charge in [-0.3, -0.25) is 24.4 Å². The molecule has 3 amide bonds. The number of nitrogens with one attached hydrogen (secondary N) is 2. The van der Waals surface area contributed by atoms with Crippen LogP contribution in [0.1, 0.15) is 16.7 Å². The number of allylic oxidation sites excluding steroid dienone is 1. The number of benzene rings is 2. The molecule has 0 bridgehead atoms. The van der Waals surface area contributed by atoms with E-state index < -0.39 is 35.3 Å². The number of thioether (sulfide) groups is 1. The molecule has 9 nitrogen and oxygen atoms in total. The highest BCUT2D eigenvalue weighted by Gasteiger charge is 2.40. The van der Waals surface area contributed by atoms with E-state index in [1.54, 1.807) is 18.2 Å². The van der Waals surface area contributed by atoms with Crippen LogP contribution in [-0.4, -0.2) is 81.0 Å². The molecule has 15 heteroatoms. The number of hydrogen-bond donors (Lipinski definition) is 3. The summed E-state index contributed by atoms with van der Waals surface area (Å²) in [5.74, 6) is -1.23. The second-order valence-corrected chi connectivity index (χ2v) is 10.8. The highest BCUT2D eigenvalue weighted by Crippen LogP contribution is 2.41. The molecule has 5 rings (SSSR count). The molecule has 0 radical (unpaired) electrons. The predicted molar refractivity (Wildman–Crippen MR) is 151 cm³/mol. The Kier molecular flexibility index (Phi) is 9.34. The number of piperazine rings is 1. The number of hydrogen-bond acceptors (Lipinski definition) is 7. The van der Waals surface area contributed by atoms with Crippen molar-refractivity contribution in [3.05, 3.63) is 69.2 Å². The van der Waals surface area contributed by atoms with Crippen molar-refractivity contribution in [3.8, 4) is 0 Å². The number of nitrogens with zero attached hydrogens (tertiary/aromatic N) is 3. The van der Waals surface area contributed by atoms with Crippen LogP contribution in [0.3, 0.4) is 0 Å². The van der Waals surface area contributed by atoms with Gasteiger partial charge in [-0.25, -0.2) is 0 Å². The first kappa shape index (κ1) is 30.8. The number of fused-ring (bicyclic) bond motifs is 1. The van der Waals surface area contributed by atoms with Crippen molar-refractivity contribution in [2.75, 3.05) is 32.8 Å². The highest BCUT2D eigenvalue weighted by atomic mass is 35.5. The van der Waals surface area contributed by atoms with E-state index in [0.29, 0.717) is 41.3 Å². The lowest BCUT2D eigenvalue weighted by Gasteiger charge is -2.33. The van der Waals surface area contributed by atoms with E-state index in [0.717, 1.165) is 11.0 Å². The van der Waals surface area contributed by atoms with Gasteiger partial charge in [-0.2, -0.15) is 18.3 Å². The molecule has 2 aliphatic rings. The number of carbonyl (C=O) groups is 3. The molecule has 2 aromatic carbocycles. The molecule has 1 atom stereocenters. The average Bonchev–Trinajstić information content (AvgIpc) is 3.51. The number of aromatic nitrogens is 2. The molecular formula is C26H24Cl2F3N5O4S. The van der Waals surface area contributed by atoms with E-state index >= 15 is 0 Å². The zero-order chi connectivity index (χ0) is 28.6. The molecule has 3 heterocycles. The zero-order valence-electron chi connectivity index (χ0n) is 21.2. The summed E-state index contributed by atoms with van der Waals surface area (Å²) in [7, 11) is 0. The number of amides is 3. The van der Waals surface area contributed by atoms with Crippen LogP contribution in [0.4, 0.5) is 18.0 Å². The lowest BCUT2D eigenvalue weighted by atomic mass is 9.93. The summed E-state index contributed by atoms with van der Waals surface area (Å²) >= 11 is 6.45. The molecule has 218 valence electrons. The monoisotopic (exact) mass is 629 g/mol. The van der Waals surface area contributed by atoms with Crippen molar-refractivity contribution in [1.82, 2.24) is 25.3 Å². The van der Waals surface area contributed by atoms with Crippen molar-refractivity contribution in [3.63, 3.8) is 0 Å². The normalized spacial score (nSPS) is 19.1. The number of aromatic amines is 1. The van der Waals surface area contributed by atoms with Gasteiger partial charge in [-0.15, -0.1) is 12.4 Å². The molecule has 0 unspecified atom stereocenters. The molecule has 0 aliphatic carbocycles. The Bertz CT molecular complexity index is 1530. The Morgan fingerprint density at radius 2 is 1.98 bits per heavy atom. The Labute approximate surface area is 247 Å². The maximum absolute atomic E-state index is 13.9. The molecule has 2 aliphatic heterocycles. The minimum atomic E-state index is -4.71. The second kappa shape index (κ2) is 12.4. The lowest BCUT2D eigenvalue weighted by molar-refractivity contribution is -0.138. The van der Waals surface area contributed by atoms with Gasteiger partial charge in [-0.05, 0) is 59.1 Å². The number of halogens is 5. The van der Waals surface area contributed by atoms with Gasteiger partial charge in [-0.1, -0.05) is 23.7 Å². The van der Waals surface area contributed by atoms with Gasteiger partial charge < -0.3 is 15.3 Å². The van der Waals surface area contributed by atoms with Crippen LogP contribution in [-0.2, 0) is 22.2 Å². The quantitative estimate of drug-likeness (QED) is 0.351. The van der Waals surface area contributed by atoms with Crippen LogP contribution in [0.5, 0.6) is 0 Å². The Balaban J connectivity index is 0.00000387. The molecule has 0 saturated carbocycles. The number of imide groups is 1. The van der Waals surface area contributed by atoms with Crippen molar-refractivity contribution in [1.29, 1.82) is 0 Å². The first-order valence-electron chi connectivity index (χ1n) is 12.2. The fraction of sp³-hybridized carbons (Fsp3) is 0.308. The van der Waals surface area contributed by atoms with Crippen LogP contribution in [0.2, 0.25) is 5.02 Å². The summed E-state index contributed by atoms with van der Waals surface area (Å²) in [5.41, 5.74) is 0.242. The average molecular weight is 630 g/mol.